The standard InChI is InChI=1S/C18H31NO2/c1-14(2)17-9-8-16(12-15(17)3)21-11-7-6-10-18(4,13-20)19-5/h8-9,12,14,19-20H,6-7,10-11,13H2,1-5H3. The Morgan fingerprint density at radius 1 is 1.29 bits per heavy atom. The van der Waals surface area contributed by atoms with Crippen LogP contribution in [0.1, 0.15) is 57.1 Å². The lowest BCUT2D eigenvalue weighted by atomic mass is 9.96. The SMILES string of the molecule is CNC(C)(CO)CCCCOc1ccc(C(C)C)c(C)c1. The number of aryl methyl sites for hydroxylation is 1. The van der Waals surface area contributed by atoms with Crippen molar-refractivity contribution in [1.82, 2.24) is 5.32 Å². The van der Waals surface area contributed by atoms with E-state index in [4.69, 9.17) is 4.74 Å². The second-order valence-electron chi connectivity index (χ2n) is 6.45. The first-order valence-electron chi connectivity index (χ1n) is 7.95. The maximum atomic E-state index is 9.33. The number of aliphatic hydroxyl groups is 1. The van der Waals surface area contributed by atoms with Gasteiger partial charge in [0, 0.05) is 5.54 Å². The monoisotopic (exact) mass is 293 g/mol. The fourth-order valence-corrected chi connectivity index (χ4v) is 2.48. The van der Waals surface area contributed by atoms with Crippen LogP contribution in [0.5, 0.6) is 5.75 Å². The zero-order valence-corrected chi connectivity index (χ0v) is 14.2. The van der Waals surface area contributed by atoms with Crippen LogP contribution in [-0.4, -0.2) is 30.9 Å². The van der Waals surface area contributed by atoms with E-state index in [0.29, 0.717) is 5.92 Å². The van der Waals surface area contributed by atoms with E-state index in [-0.39, 0.29) is 12.1 Å². The van der Waals surface area contributed by atoms with Crippen LogP contribution in [0.15, 0.2) is 18.2 Å². The highest BCUT2D eigenvalue weighted by Gasteiger charge is 2.19. The van der Waals surface area contributed by atoms with Gasteiger partial charge < -0.3 is 15.2 Å². The Bertz CT molecular complexity index is 425. The third kappa shape index (κ3) is 5.68. The number of ether oxygens (including phenoxy) is 1. The Morgan fingerprint density at radius 2 is 2.00 bits per heavy atom. The molecule has 0 aliphatic heterocycles. The van der Waals surface area contributed by atoms with E-state index in [2.05, 4.69) is 44.3 Å². The molecule has 21 heavy (non-hydrogen) atoms. The number of benzene rings is 1. The summed E-state index contributed by atoms with van der Waals surface area (Å²) < 4.78 is 5.82. The zero-order chi connectivity index (χ0) is 15.9. The van der Waals surface area contributed by atoms with Gasteiger partial charge in [-0.15, -0.1) is 0 Å². The molecule has 0 aliphatic rings. The fraction of sp³-hybridized carbons (Fsp3) is 0.667. The van der Waals surface area contributed by atoms with Gasteiger partial charge in [0.25, 0.3) is 0 Å². The van der Waals surface area contributed by atoms with Crippen molar-refractivity contribution in [2.24, 2.45) is 0 Å². The van der Waals surface area contributed by atoms with Gasteiger partial charge in [-0.3, -0.25) is 0 Å². The molecule has 0 saturated carbocycles. The van der Waals surface area contributed by atoms with E-state index in [9.17, 15) is 5.11 Å². The highest BCUT2D eigenvalue weighted by atomic mass is 16.5. The summed E-state index contributed by atoms with van der Waals surface area (Å²) in [7, 11) is 1.89. The van der Waals surface area contributed by atoms with Gasteiger partial charge in [0.15, 0.2) is 0 Å². The third-order valence-corrected chi connectivity index (χ3v) is 4.21. The van der Waals surface area contributed by atoms with Gasteiger partial charge in [-0.2, -0.15) is 0 Å². The van der Waals surface area contributed by atoms with Gasteiger partial charge in [0.2, 0.25) is 0 Å². The Morgan fingerprint density at radius 3 is 2.52 bits per heavy atom. The Hall–Kier alpha value is -1.06. The molecule has 0 bridgehead atoms. The first-order valence-corrected chi connectivity index (χ1v) is 7.95. The van der Waals surface area contributed by atoms with Gasteiger partial charge in [0.05, 0.1) is 13.2 Å². The minimum Gasteiger partial charge on any atom is -0.494 e. The van der Waals surface area contributed by atoms with Crippen molar-refractivity contribution in [3.63, 3.8) is 0 Å². The van der Waals surface area contributed by atoms with Crippen molar-refractivity contribution in [3.05, 3.63) is 29.3 Å². The Balaban J connectivity index is 2.35. The molecule has 0 amide bonds. The molecule has 0 aromatic heterocycles. The molecule has 3 nitrogen and oxygen atoms in total. The van der Waals surface area contributed by atoms with E-state index in [1.165, 1.54) is 11.1 Å². The molecule has 1 atom stereocenters. The largest absolute Gasteiger partial charge is 0.494 e. The molecule has 1 rings (SSSR count). The molecular weight excluding hydrogens is 262 g/mol. The van der Waals surface area contributed by atoms with Crippen molar-refractivity contribution >= 4 is 0 Å². The number of unbranched alkanes of at least 4 members (excludes halogenated alkanes) is 1. The molecule has 0 fully saturated rings. The topological polar surface area (TPSA) is 41.5 Å². The molecule has 1 unspecified atom stereocenters. The van der Waals surface area contributed by atoms with Gasteiger partial charge in [-0.1, -0.05) is 19.9 Å². The molecule has 0 saturated heterocycles. The molecule has 0 heterocycles. The van der Waals surface area contributed by atoms with E-state index in [1.54, 1.807) is 0 Å². The normalized spacial score (nSPS) is 14.2. The highest BCUT2D eigenvalue weighted by Crippen LogP contribution is 2.23. The van der Waals surface area contributed by atoms with Crippen molar-refractivity contribution in [2.75, 3.05) is 20.3 Å². The summed E-state index contributed by atoms with van der Waals surface area (Å²) in [5, 5.41) is 12.5. The van der Waals surface area contributed by atoms with Crippen LogP contribution in [0.4, 0.5) is 0 Å². The summed E-state index contributed by atoms with van der Waals surface area (Å²) in [5.41, 5.74) is 2.51. The summed E-state index contributed by atoms with van der Waals surface area (Å²) in [6, 6.07) is 6.35. The number of rotatable bonds is 9. The molecule has 2 N–H and O–H groups in total. The number of likely N-dealkylation sites (N-methyl/N-ethyl adjacent to an activating group) is 1. The maximum Gasteiger partial charge on any atom is 0.119 e. The molecule has 0 spiro atoms. The molecule has 1 aromatic rings. The summed E-state index contributed by atoms with van der Waals surface area (Å²) in [6.07, 6.45) is 3.00. The van der Waals surface area contributed by atoms with Crippen molar-refractivity contribution in [1.29, 1.82) is 0 Å². The van der Waals surface area contributed by atoms with Crippen molar-refractivity contribution < 1.29 is 9.84 Å². The molecule has 0 aliphatic carbocycles. The second kappa shape index (κ2) is 8.40. The van der Waals surface area contributed by atoms with Crippen LogP contribution in [0.25, 0.3) is 0 Å². The average Bonchev–Trinajstić information content (AvgIpc) is 2.46. The smallest absolute Gasteiger partial charge is 0.119 e. The minimum atomic E-state index is -0.171. The lowest BCUT2D eigenvalue weighted by Crippen LogP contribution is -2.43. The van der Waals surface area contributed by atoms with Crippen molar-refractivity contribution in [3.8, 4) is 5.75 Å². The summed E-state index contributed by atoms with van der Waals surface area (Å²) in [4.78, 5) is 0. The number of hydrogen-bond acceptors (Lipinski definition) is 3. The average molecular weight is 293 g/mol. The highest BCUT2D eigenvalue weighted by molar-refractivity contribution is 5.36. The summed E-state index contributed by atoms with van der Waals surface area (Å²) >= 11 is 0. The van der Waals surface area contributed by atoms with E-state index in [1.807, 2.05) is 14.0 Å². The number of nitrogens with one attached hydrogen (secondary N) is 1. The van der Waals surface area contributed by atoms with Gasteiger partial charge in [-0.25, -0.2) is 0 Å². The quantitative estimate of drug-likeness (QED) is 0.683. The predicted molar refractivity (Wildman–Crippen MR) is 89.2 cm³/mol. The van der Waals surface area contributed by atoms with Gasteiger partial charge in [-0.05, 0) is 69.3 Å². The minimum absolute atomic E-state index is 0.167. The first-order chi connectivity index (χ1) is 9.91. The predicted octanol–water partition coefficient (Wildman–Crippen LogP) is 3.64. The maximum absolute atomic E-state index is 9.33. The molecular formula is C18H31NO2. The van der Waals surface area contributed by atoms with Crippen LogP contribution < -0.4 is 10.1 Å². The van der Waals surface area contributed by atoms with E-state index < -0.39 is 0 Å². The molecule has 3 heteroatoms. The van der Waals surface area contributed by atoms with Crippen LogP contribution in [0, 0.1) is 6.92 Å². The summed E-state index contributed by atoms with van der Waals surface area (Å²) in [6.45, 7) is 9.50. The van der Waals surface area contributed by atoms with Crippen LogP contribution in [0.3, 0.4) is 0 Å². The van der Waals surface area contributed by atoms with Crippen molar-refractivity contribution in [2.45, 2.75) is 58.4 Å². The molecule has 0 radical (unpaired) electrons. The zero-order valence-electron chi connectivity index (χ0n) is 14.2. The van der Waals surface area contributed by atoms with Gasteiger partial charge in [0.1, 0.15) is 5.75 Å². The van der Waals surface area contributed by atoms with Gasteiger partial charge >= 0.3 is 0 Å². The molecule has 120 valence electrons. The van der Waals surface area contributed by atoms with Crippen LogP contribution in [0.2, 0.25) is 0 Å². The lowest BCUT2D eigenvalue weighted by molar-refractivity contribution is 0.168. The first kappa shape index (κ1) is 18.0. The Kier molecular flexibility index (Phi) is 7.20. The summed E-state index contributed by atoms with van der Waals surface area (Å²) in [5.74, 6) is 1.51. The Labute approximate surface area is 129 Å². The fourth-order valence-electron chi connectivity index (χ4n) is 2.48. The second-order valence-corrected chi connectivity index (χ2v) is 6.45. The third-order valence-electron chi connectivity index (χ3n) is 4.21. The van der Waals surface area contributed by atoms with E-state index >= 15 is 0 Å². The lowest BCUT2D eigenvalue weighted by Gasteiger charge is -2.26. The number of aliphatic hydroxyl groups excluding tert-OH is 1. The van der Waals surface area contributed by atoms with E-state index in [0.717, 1.165) is 31.6 Å². The van der Waals surface area contributed by atoms with Crippen LogP contribution in [-0.2, 0) is 0 Å². The number of hydrogen-bond donors (Lipinski definition) is 2. The van der Waals surface area contributed by atoms with Crippen LogP contribution >= 0.6 is 0 Å². The molecule has 1 aromatic carbocycles.